The van der Waals surface area contributed by atoms with Gasteiger partial charge in [-0.15, -0.1) is 0 Å². The third-order valence-corrected chi connectivity index (χ3v) is 4.55. The van der Waals surface area contributed by atoms with Crippen LogP contribution in [0.5, 0.6) is 11.5 Å². The second kappa shape index (κ2) is 12.3. The summed E-state index contributed by atoms with van der Waals surface area (Å²) in [6, 6.07) is 4.62. The zero-order valence-electron chi connectivity index (χ0n) is 17.4. The number of para-hydroxylation sites is 1. The fourth-order valence-electron chi connectivity index (χ4n) is 3.06. The molecule has 8 nitrogen and oxygen atoms in total. The van der Waals surface area contributed by atoms with E-state index in [9.17, 15) is 14.4 Å². The lowest BCUT2D eigenvalue weighted by atomic mass is 9.97. The average Bonchev–Trinajstić information content (AvgIpc) is 2.76. The van der Waals surface area contributed by atoms with Crippen molar-refractivity contribution in [3.63, 3.8) is 0 Å². The Kier molecular flexibility index (Phi) is 9.44. The van der Waals surface area contributed by atoms with E-state index in [4.69, 9.17) is 14.2 Å². The van der Waals surface area contributed by atoms with Gasteiger partial charge in [0, 0.05) is 18.2 Å². The van der Waals surface area contributed by atoms with E-state index < -0.39 is 24.5 Å². The number of imide groups is 1. The lowest BCUT2D eigenvalue weighted by Crippen LogP contribution is -2.41. The van der Waals surface area contributed by atoms with Gasteiger partial charge in [0.15, 0.2) is 18.1 Å². The number of allylic oxidation sites excluding steroid dienone is 1. The van der Waals surface area contributed by atoms with Crippen LogP contribution in [0.1, 0.15) is 37.7 Å². The molecule has 30 heavy (non-hydrogen) atoms. The van der Waals surface area contributed by atoms with E-state index in [1.165, 1.54) is 44.8 Å². The van der Waals surface area contributed by atoms with Gasteiger partial charge >= 0.3 is 12.0 Å². The fourth-order valence-corrected chi connectivity index (χ4v) is 3.06. The van der Waals surface area contributed by atoms with Gasteiger partial charge < -0.3 is 19.5 Å². The Hall–Kier alpha value is -3.29. The Labute approximate surface area is 176 Å². The maximum atomic E-state index is 11.8. The molecule has 0 aromatic heterocycles. The second-order valence-electron chi connectivity index (χ2n) is 6.69. The van der Waals surface area contributed by atoms with E-state index >= 15 is 0 Å². The summed E-state index contributed by atoms with van der Waals surface area (Å²) >= 11 is 0. The molecular weight excluding hydrogens is 388 g/mol. The number of carbonyl (C=O) groups excluding carboxylic acids is 3. The molecule has 0 fully saturated rings. The van der Waals surface area contributed by atoms with Gasteiger partial charge in [0.05, 0.1) is 14.2 Å². The summed E-state index contributed by atoms with van der Waals surface area (Å²) < 4.78 is 15.3. The molecule has 0 heterocycles. The largest absolute Gasteiger partial charge is 0.493 e. The molecule has 0 unspecified atom stereocenters. The fraction of sp³-hybridized carbons (Fsp3) is 0.409. The van der Waals surface area contributed by atoms with Crippen molar-refractivity contribution in [3.05, 3.63) is 41.5 Å². The third-order valence-electron chi connectivity index (χ3n) is 4.55. The van der Waals surface area contributed by atoms with Crippen LogP contribution in [-0.4, -0.2) is 45.3 Å². The molecule has 1 aromatic rings. The second-order valence-corrected chi connectivity index (χ2v) is 6.69. The van der Waals surface area contributed by atoms with Crippen LogP contribution < -0.4 is 20.1 Å². The number of esters is 1. The molecule has 1 aromatic carbocycles. The number of urea groups is 1. The molecule has 1 aliphatic rings. The zero-order valence-corrected chi connectivity index (χ0v) is 17.4. The Bertz CT molecular complexity index is 816. The van der Waals surface area contributed by atoms with Crippen LogP contribution in [0.2, 0.25) is 0 Å². The number of hydrogen-bond acceptors (Lipinski definition) is 6. The molecule has 0 spiro atoms. The standard InChI is InChI=1S/C22H28N2O6/c1-28-18-10-6-9-17(21(18)29-2)11-12-20(26)30-15-19(25)24-22(27)23-14-13-16-7-4-3-5-8-16/h6-7,9-12H,3-5,8,13-15H2,1-2H3,(H2,23,24,25,27)/b12-11+. The Morgan fingerprint density at radius 1 is 1.13 bits per heavy atom. The van der Waals surface area contributed by atoms with Gasteiger partial charge in [0.2, 0.25) is 0 Å². The Morgan fingerprint density at radius 2 is 1.97 bits per heavy atom. The predicted molar refractivity (Wildman–Crippen MR) is 112 cm³/mol. The van der Waals surface area contributed by atoms with Crippen molar-refractivity contribution >= 4 is 24.0 Å². The maximum Gasteiger partial charge on any atom is 0.331 e. The minimum absolute atomic E-state index is 0.454. The normalized spacial score (nSPS) is 13.3. The van der Waals surface area contributed by atoms with Crippen LogP contribution in [0.25, 0.3) is 6.08 Å². The van der Waals surface area contributed by atoms with Crippen molar-refractivity contribution in [2.75, 3.05) is 27.4 Å². The van der Waals surface area contributed by atoms with E-state index in [0.717, 1.165) is 19.3 Å². The van der Waals surface area contributed by atoms with Crippen LogP contribution in [0.15, 0.2) is 35.9 Å². The van der Waals surface area contributed by atoms with Crippen molar-refractivity contribution in [3.8, 4) is 11.5 Å². The molecule has 3 amide bonds. The lowest BCUT2D eigenvalue weighted by molar-refractivity contribution is -0.143. The molecule has 2 rings (SSSR count). The first-order valence-corrected chi connectivity index (χ1v) is 9.85. The summed E-state index contributed by atoms with van der Waals surface area (Å²) in [5.74, 6) is -0.426. The quantitative estimate of drug-likeness (QED) is 0.364. The van der Waals surface area contributed by atoms with Crippen molar-refractivity contribution in [1.82, 2.24) is 10.6 Å². The maximum absolute atomic E-state index is 11.8. The van der Waals surface area contributed by atoms with Gasteiger partial charge in [-0.1, -0.05) is 23.8 Å². The van der Waals surface area contributed by atoms with E-state index in [1.54, 1.807) is 18.2 Å². The van der Waals surface area contributed by atoms with E-state index in [2.05, 4.69) is 16.7 Å². The van der Waals surface area contributed by atoms with E-state index in [-0.39, 0.29) is 0 Å². The summed E-state index contributed by atoms with van der Waals surface area (Å²) in [5, 5.41) is 4.76. The summed E-state index contributed by atoms with van der Waals surface area (Å²) in [7, 11) is 3.01. The number of amides is 3. The monoisotopic (exact) mass is 416 g/mol. The molecule has 162 valence electrons. The smallest absolute Gasteiger partial charge is 0.331 e. The number of carbonyl (C=O) groups is 3. The van der Waals surface area contributed by atoms with E-state index in [1.807, 2.05) is 0 Å². The van der Waals surface area contributed by atoms with Crippen LogP contribution >= 0.6 is 0 Å². The van der Waals surface area contributed by atoms with Crippen LogP contribution in [0.3, 0.4) is 0 Å². The van der Waals surface area contributed by atoms with Crippen LogP contribution in [0, 0.1) is 0 Å². The molecule has 2 N–H and O–H groups in total. The highest BCUT2D eigenvalue weighted by Gasteiger charge is 2.11. The van der Waals surface area contributed by atoms with Gasteiger partial charge in [-0.2, -0.15) is 0 Å². The molecular formula is C22H28N2O6. The minimum atomic E-state index is -0.723. The Morgan fingerprint density at radius 3 is 2.67 bits per heavy atom. The van der Waals surface area contributed by atoms with Gasteiger partial charge in [0.1, 0.15) is 0 Å². The van der Waals surface area contributed by atoms with Gasteiger partial charge in [-0.3, -0.25) is 10.1 Å². The first kappa shape index (κ1) is 23.0. The van der Waals surface area contributed by atoms with Crippen molar-refractivity contribution < 1.29 is 28.6 Å². The highest BCUT2D eigenvalue weighted by atomic mass is 16.5. The molecule has 8 heteroatoms. The highest BCUT2D eigenvalue weighted by Crippen LogP contribution is 2.31. The molecule has 0 saturated carbocycles. The summed E-state index contributed by atoms with van der Waals surface area (Å²) in [4.78, 5) is 35.3. The number of benzene rings is 1. The zero-order chi connectivity index (χ0) is 21.8. The first-order valence-electron chi connectivity index (χ1n) is 9.85. The average molecular weight is 416 g/mol. The highest BCUT2D eigenvalue weighted by molar-refractivity contribution is 5.96. The number of methoxy groups -OCH3 is 2. The van der Waals surface area contributed by atoms with Gasteiger partial charge in [0.25, 0.3) is 5.91 Å². The van der Waals surface area contributed by atoms with Gasteiger partial charge in [-0.05, 0) is 44.2 Å². The molecule has 0 saturated heterocycles. The minimum Gasteiger partial charge on any atom is -0.493 e. The van der Waals surface area contributed by atoms with Crippen molar-refractivity contribution in [2.45, 2.75) is 32.1 Å². The van der Waals surface area contributed by atoms with Crippen molar-refractivity contribution in [1.29, 1.82) is 0 Å². The first-order chi connectivity index (χ1) is 14.5. The SMILES string of the molecule is COc1cccc(/C=C/C(=O)OCC(=O)NC(=O)NCCC2=CCCCC2)c1OC. The van der Waals surface area contributed by atoms with Crippen molar-refractivity contribution in [2.24, 2.45) is 0 Å². The molecule has 0 aliphatic heterocycles. The summed E-state index contributed by atoms with van der Waals surface area (Å²) in [6.45, 7) is -0.104. The molecule has 0 atom stereocenters. The summed E-state index contributed by atoms with van der Waals surface area (Å²) in [5.41, 5.74) is 1.95. The lowest BCUT2D eigenvalue weighted by Gasteiger charge is -2.13. The Balaban J connectivity index is 1.71. The molecule has 1 aliphatic carbocycles. The topological polar surface area (TPSA) is 103 Å². The van der Waals surface area contributed by atoms with E-state index in [0.29, 0.717) is 23.6 Å². The predicted octanol–water partition coefficient (Wildman–Crippen LogP) is 2.98. The third kappa shape index (κ3) is 7.62. The number of hydrogen-bond donors (Lipinski definition) is 2. The van der Waals surface area contributed by atoms with Gasteiger partial charge in [-0.25, -0.2) is 9.59 Å². The summed E-state index contributed by atoms with van der Waals surface area (Å²) in [6.07, 6.45) is 10.2. The number of nitrogens with one attached hydrogen (secondary N) is 2. The molecule has 0 bridgehead atoms. The number of ether oxygens (including phenoxy) is 3. The number of rotatable bonds is 9. The molecule has 0 radical (unpaired) electrons. The van der Waals surface area contributed by atoms with Crippen LogP contribution in [0.4, 0.5) is 4.79 Å². The van der Waals surface area contributed by atoms with Crippen LogP contribution in [-0.2, 0) is 14.3 Å².